The number of aromatic amines is 1. The van der Waals surface area contributed by atoms with Crippen molar-refractivity contribution in [2.45, 2.75) is 83.6 Å². The lowest BCUT2D eigenvalue weighted by molar-refractivity contribution is -0.179. The van der Waals surface area contributed by atoms with E-state index in [1.165, 1.54) is 0 Å². The molecule has 0 amide bonds. The van der Waals surface area contributed by atoms with Crippen molar-refractivity contribution in [1.29, 1.82) is 0 Å². The van der Waals surface area contributed by atoms with Crippen molar-refractivity contribution in [3.8, 4) is 18.1 Å². The van der Waals surface area contributed by atoms with Crippen molar-refractivity contribution in [2.75, 3.05) is 6.56 Å². The van der Waals surface area contributed by atoms with Gasteiger partial charge in [0.2, 0.25) is 5.85 Å². The first-order valence-corrected chi connectivity index (χ1v) is 13.5. The van der Waals surface area contributed by atoms with Crippen LogP contribution < -0.4 is 15.8 Å². The number of hydrogen-bond acceptors (Lipinski definition) is 8. The van der Waals surface area contributed by atoms with Crippen LogP contribution in [0.5, 0.6) is 5.75 Å². The number of alkyl halides is 1. The van der Waals surface area contributed by atoms with Gasteiger partial charge in [-0.25, -0.2) is 18.1 Å². The van der Waals surface area contributed by atoms with Crippen LogP contribution in [0.1, 0.15) is 79.2 Å². The Morgan fingerprint density at radius 2 is 1.95 bits per heavy atom. The minimum atomic E-state index is -4.96. The fraction of sp³-hybridized carbons (Fsp3) is 0.538. The molecule has 0 aliphatic carbocycles. The zero-order chi connectivity index (χ0) is 30.9. The number of aliphatic hydroxyl groups is 1. The number of aromatic nitrogens is 2. The molecule has 0 radical (unpaired) electrons. The average Bonchev–Trinajstić information content (AvgIpc) is 3.12. The topological polar surface area (TPSA) is 129 Å². The molecule has 0 spiro atoms. The van der Waals surface area contributed by atoms with E-state index in [0.717, 1.165) is 6.20 Å². The Balaban J connectivity index is 1.68. The molecule has 1 aromatic carbocycles. The van der Waals surface area contributed by atoms with Crippen molar-refractivity contribution in [3.05, 3.63) is 61.2 Å². The molecule has 1 aromatic heterocycles. The third kappa shape index (κ3) is 5.60. The highest BCUT2D eigenvalue weighted by Gasteiger charge is 2.51. The van der Waals surface area contributed by atoms with Gasteiger partial charge in [0, 0.05) is 18.2 Å². The van der Waals surface area contributed by atoms with Crippen LogP contribution in [0.4, 0.5) is 8.78 Å². The van der Waals surface area contributed by atoms with Crippen LogP contribution >= 0.6 is 7.82 Å². The Kier molecular flexibility index (Phi) is 6.56. The first kappa shape index (κ1) is 26.4. The zero-order valence-corrected chi connectivity index (χ0v) is 23.2. The average molecular weight is 571 g/mol. The molecule has 10 nitrogen and oxygen atoms in total. The molecule has 4 rings (SSSR count). The molecule has 2 aliphatic heterocycles. The number of aliphatic hydroxyl groups excluding tert-OH is 1. The van der Waals surface area contributed by atoms with E-state index < -0.39 is 73.5 Å². The summed E-state index contributed by atoms with van der Waals surface area (Å²) in [6.07, 6.45) is 1.31. The van der Waals surface area contributed by atoms with E-state index in [4.69, 9.17) is 27.5 Å². The molecule has 3 heterocycles. The first-order chi connectivity index (χ1) is 18.6. The fourth-order valence-electron chi connectivity index (χ4n) is 4.26. The summed E-state index contributed by atoms with van der Waals surface area (Å²) in [5.41, 5.74) is -2.88. The number of halogens is 2. The lowest BCUT2D eigenvalue weighted by atomic mass is 9.78. The number of hydrogen-bond donors (Lipinski definition) is 2. The second-order valence-corrected chi connectivity index (χ2v) is 13.0. The molecule has 212 valence electrons. The van der Waals surface area contributed by atoms with Crippen LogP contribution in [-0.2, 0) is 35.8 Å². The lowest BCUT2D eigenvalue weighted by Gasteiger charge is -2.34. The molecular weight excluding hydrogens is 537 g/mol. The predicted molar refractivity (Wildman–Crippen MR) is 137 cm³/mol. The maximum atomic E-state index is 16.0. The molecule has 1 saturated heterocycles. The minimum absolute atomic E-state index is 0.0534. The molecule has 2 aromatic rings. The van der Waals surface area contributed by atoms with E-state index in [0.29, 0.717) is 15.7 Å². The van der Waals surface area contributed by atoms with Crippen molar-refractivity contribution >= 4 is 7.82 Å². The number of phosphoric ester groups is 1. The highest BCUT2D eigenvalue weighted by molar-refractivity contribution is 7.49. The van der Waals surface area contributed by atoms with Crippen LogP contribution in [0.25, 0.3) is 0 Å². The van der Waals surface area contributed by atoms with E-state index in [-0.39, 0.29) is 16.9 Å². The highest BCUT2D eigenvalue weighted by atomic mass is 31.2. The van der Waals surface area contributed by atoms with E-state index in [1.54, 1.807) is 6.07 Å². The molecule has 1 unspecified atom stereocenters. The van der Waals surface area contributed by atoms with Gasteiger partial charge in [-0.15, -0.1) is 6.42 Å². The molecule has 2 aliphatic rings. The standard InChI is InChI=1S/C26H31F2N2O8P/c1-8-14-11-30(23(33)29-21(14)32)22-18(31)10-26(28,37-22)13-36-39(34)35-12-15-19(27)16(24(2,3)4)9-17(20(15)38-39)25(5,6)7/h1,9,11,18,22,31H,10,12-13H2,2-7H3,(H,29,32,33)/t18-,22-,26+,39?/m1/s1/i13D2. The van der Waals surface area contributed by atoms with Gasteiger partial charge in [0.1, 0.15) is 29.8 Å². The van der Waals surface area contributed by atoms with Gasteiger partial charge >= 0.3 is 13.5 Å². The normalized spacial score (nSPS) is 28.2. The van der Waals surface area contributed by atoms with Gasteiger partial charge < -0.3 is 14.4 Å². The summed E-state index contributed by atoms with van der Waals surface area (Å²) in [7, 11) is -4.96. The number of fused-ring (bicyclic) bond motifs is 1. The maximum Gasteiger partial charge on any atom is 0.530 e. The molecule has 39 heavy (non-hydrogen) atoms. The Morgan fingerprint density at radius 3 is 2.54 bits per heavy atom. The molecule has 0 saturated carbocycles. The third-order valence-corrected chi connectivity index (χ3v) is 7.48. The van der Waals surface area contributed by atoms with Crippen LogP contribution in [0.15, 0.2) is 21.9 Å². The summed E-state index contributed by atoms with van der Waals surface area (Å²) in [5, 5.41) is 10.5. The largest absolute Gasteiger partial charge is 0.530 e. The van der Waals surface area contributed by atoms with Crippen molar-refractivity contribution < 1.29 is 39.5 Å². The number of nitrogens with zero attached hydrogens (tertiary/aromatic N) is 1. The molecule has 1 fully saturated rings. The maximum absolute atomic E-state index is 16.0. The number of benzene rings is 1. The molecule has 4 atom stereocenters. The van der Waals surface area contributed by atoms with Crippen molar-refractivity contribution in [2.24, 2.45) is 0 Å². The number of ether oxygens (including phenoxy) is 1. The number of phosphoric acid groups is 1. The van der Waals surface area contributed by atoms with Crippen LogP contribution in [0.2, 0.25) is 0 Å². The molecule has 13 heteroatoms. The summed E-state index contributed by atoms with van der Waals surface area (Å²) in [6.45, 7) is 6.65. The van der Waals surface area contributed by atoms with Gasteiger partial charge in [0.25, 0.3) is 5.56 Å². The SMILES string of the molecule is [2H]C([2H])(OP1(=O)OCc2c(F)c(C(C)(C)C)cc(C(C)(C)C)c2O1)[C@]1(F)C[C@@H](O)[C@H](n2cc(C#C)c(=O)[nH]c2=O)O1. The van der Waals surface area contributed by atoms with Gasteiger partial charge in [0.05, 0.1) is 14.9 Å². The van der Waals surface area contributed by atoms with E-state index in [9.17, 15) is 19.3 Å². The first-order valence-electron chi connectivity index (χ1n) is 13.0. The molecule has 2 N–H and O–H groups in total. The van der Waals surface area contributed by atoms with Crippen LogP contribution in [0, 0.1) is 18.2 Å². The van der Waals surface area contributed by atoms with Gasteiger partial charge in [-0.05, 0) is 22.5 Å². The van der Waals surface area contributed by atoms with Crippen molar-refractivity contribution in [1.82, 2.24) is 9.55 Å². The van der Waals surface area contributed by atoms with Crippen LogP contribution in [-0.4, -0.2) is 33.2 Å². The summed E-state index contributed by atoms with van der Waals surface area (Å²) >= 11 is 0. The summed E-state index contributed by atoms with van der Waals surface area (Å²) < 4.78 is 83.0. The Bertz CT molecular complexity index is 1610. The monoisotopic (exact) mass is 570 g/mol. The van der Waals surface area contributed by atoms with Gasteiger partial charge in [-0.3, -0.25) is 23.4 Å². The zero-order valence-electron chi connectivity index (χ0n) is 24.3. The van der Waals surface area contributed by atoms with E-state index in [1.807, 2.05) is 52.4 Å². The number of H-pyrrole nitrogens is 1. The predicted octanol–water partition coefficient (Wildman–Crippen LogP) is 3.93. The third-order valence-electron chi connectivity index (χ3n) is 6.31. The summed E-state index contributed by atoms with van der Waals surface area (Å²) in [5.74, 6) is -2.30. The molecule has 0 bridgehead atoms. The number of terminal acetylenes is 1. The Morgan fingerprint density at radius 1 is 1.31 bits per heavy atom. The molecular formula is C26H31F2N2O8P. The van der Waals surface area contributed by atoms with Gasteiger partial charge in [-0.2, -0.15) is 0 Å². The van der Waals surface area contributed by atoms with Gasteiger partial charge in [0.15, 0.2) is 6.23 Å². The Labute approximate surface area is 226 Å². The van der Waals surface area contributed by atoms with Crippen LogP contribution in [0.3, 0.4) is 0 Å². The second kappa shape index (κ2) is 9.68. The quantitative estimate of drug-likeness (QED) is 0.418. The summed E-state index contributed by atoms with van der Waals surface area (Å²) in [4.78, 5) is 26.0. The van der Waals surface area contributed by atoms with E-state index >= 15 is 8.78 Å². The minimum Gasteiger partial charge on any atom is -0.403 e. The number of rotatable bonds is 4. The second-order valence-electron chi connectivity index (χ2n) is 11.5. The fourth-order valence-corrected chi connectivity index (χ4v) is 5.37. The highest BCUT2D eigenvalue weighted by Crippen LogP contribution is 2.58. The number of nitrogens with one attached hydrogen (secondary N) is 1. The Hall–Kier alpha value is -2.81. The van der Waals surface area contributed by atoms with E-state index in [2.05, 4.69) is 0 Å². The van der Waals surface area contributed by atoms with Gasteiger partial charge in [-0.1, -0.05) is 47.5 Å². The smallest absolute Gasteiger partial charge is 0.403 e. The lowest BCUT2D eigenvalue weighted by Crippen LogP contribution is -2.37. The summed E-state index contributed by atoms with van der Waals surface area (Å²) in [6, 6.07) is 1.57. The van der Waals surface area contributed by atoms with Crippen molar-refractivity contribution in [3.63, 3.8) is 0 Å².